The Labute approximate surface area is 238 Å². The number of hydrogen-bond donors (Lipinski definition) is 3. The highest BCUT2D eigenvalue weighted by Crippen LogP contribution is 2.41. The van der Waals surface area contributed by atoms with Crippen molar-refractivity contribution in [2.45, 2.75) is 57.5 Å². The molecule has 0 spiro atoms. The third-order valence-electron chi connectivity index (χ3n) is 9.04. The number of nitrogens with zero attached hydrogens (tertiary/aromatic N) is 2. The highest BCUT2D eigenvalue weighted by molar-refractivity contribution is 6.27. The number of carbonyl (C=O) groups excluding carboxylic acids is 4. The van der Waals surface area contributed by atoms with Crippen molar-refractivity contribution in [3.63, 3.8) is 0 Å². The average Bonchev–Trinajstić information content (AvgIpc) is 3.23. The Morgan fingerprint density at radius 2 is 1.90 bits per heavy atom. The molecule has 1 atom stereocenters. The lowest BCUT2D eigenvalue weighted by molar-refractivity contribution is -0.170. The summed E-state index contributed by atoms with van der Waals surface area (Å²) in [6.45, 7) is 6.45. The summed E-state index contributed by atoms with van der Waals surface area (Å²) >= 11 is 0. The first-order valence-electron chi connectivity index (χ1n) is 14.2. The summed E-state index contributed by atoms with van der Waals surface area (Å²) in [4.78, 5) is 54.1. The van der Waals surface area contributed by atoms with E-state index in [1.807, 2.05) is 42.3 Å². The van der Waals surface area contributed by atoms with Gasteiger partial charge in [0.15, 0.2) is 0 Å². The summed E-state index contributed by atoms with van der Waals surface area (Å²) < 4.78 is 5.27. The van der Waals surface area contributed by atoms with Crippen molar-refractivity contribution in [1.29, 1.82) is 5.41 Å². The molecule has 2 aromatic carbocycles. The van der Waals surface area contributed by atoms with E-state index in [1.165, 1.54) is 11.1 Å². The van der Waals surface area contributed by atoms with Crippen LogP contribution < -0.4 is 15.5 Å². The van der Waals surface area contributed by atoms with Crippen LogP contribution in [0.3, 0.4) is 0 Å². The number of hydrogen-bond acceptors (Lipinski definition) is 7. The molecule has 2 aromatic rings. The molecule has 3 fully saturated rings. The lowest BCUT2D eigenvalue weighted by atomic mass is 9.84. The first kappa shape index (κ1) is 27.1. The molecule has 0 aromatic heterocycles. The fourth-order valence-corrected chi connectivity index (χ4v) is 6.35. The van der Waals surface area contributed by atoms with Crippen molar-refractivity contribution in [3.05, 3.63) is 53.2 Å². The molecule has 0 radical (unpaired) electrons. The molecule has 10 nitrogen and oxygen atoms in total. The maximum atomic E-state index is 13.4. The molecule has 214 valence electrons. The molecule has 4 amide bonds. The molecule has 4 heterocycles. The quantitative estimate of drug-likeness (QED) is 0.354. The highest BCUT2D eigenvalue weighted by atomic mass is 16.5. The van der Waals surface area contributed by atoms with Crippen LogP contribution in [0.25, 0.3) is 10.8 Å². The Bertz CT molecular complexity index is 1500. The summed E-state index contributed by atoms with van der Waals surface area (Å²) in [5.41, 5.74) is 2.39. The van der Waals surface area contributed by atoms with Crippen molar-refractivity contribution in [3.8, 4) is 0 Å². The van der Waals surface area contributed by atoms with E-state index >= 15 is 0 Å². The Hall–Kier alpha value is -4.05. The number of amides is 4. The van der Waals surface area contributed by atoms with Crippen molar-refractivity contribution < 1.29 is 23.9 Å². The molecule has 6 rings (SSSR count). The van der Waals surface area contributed by atoms with Gasteiger partial charge in [-0.1, -0.05) is 18.2 Å². The monoisotopic (exact) mass is 557 g/mol. The third kappa shape index (κ3) is 4.69. The van der Waals surface area contributed by atoms with Gasteiger partial charge in [0.1, 0.15) is 6.04 Å². The molecule has 0 aliphatic carbocycles. The molecular formula is C31H35N5O5. The van der Waals surface area contributed by atoms with Crippen molar-refractivity contribution >= 4 is 46.3 Å². The lowest BCUT2D eigenvalue weighted by Crippen LogP contribution is -2.58. The van der Waals surface area contributed by atoms with Crippen LogP contribution >= 0.6 is 0 Å². The number of ether oxygens (including phenoxy) is 1. The number of allylic oxidation sites excluding steroid dienone is 1. The molecule has 1 unspecified atom stereocenters. The third-order valence-corrected chi connectivity index (χ3v) is 9.04. The molecule has 4 aliphatic heterocycles. The Morgan fingerprint density at radius 3 is 2.56 bits per heavy atom. The SMILES string of the molecule is CC1(N/C=C(\C=N)Cc2ccc3c4c(cccc24)C(=O)N3C2CCC(=O)NC2=O)CCN(C(=O)C2(C)COC2)CC1. The second kappa shape index (κ2) is 10.1. The summed E-state index contributed by atoms with van der Waals surface area (Å²) in [6, 6.07) is 8.68. The van der Waals surface area contributed by atoms with Crippen LogP contribution in [0.5, 0.6) is 0 Å². The van der Waals surface area contributed by atoms with Crippen molar-refractivity contribution in [1.82, 2.24) is 15.5 Å². The smallest absolute Gasteiger partial charge is 0.259 e. The normalized spacial score (nSPS) is 23.3. The number of imide groups is 1. The average molecular weight is 558 g/mol. The number of piperidine rings is 2. The van der Waals surface area contributed by atoms with Gasteiger partial charge in [0.2, 0.25) is 17.7 Å². The van der Waals surface area contributed by atoms with Crippen LogP contribution in [0.2, 0.25) is 0 Å². The zero-order valence-corrected chi connectivity index (χ0v) is 23.4. The predicted molar refractivity (Wildman–Crippen MR) is 154 cm³/mol. The topological polar surface area (TPSA) is 132 Å². The Kier molecular flexibility index (Phi) is 6.68. The van der Waals surface area contributed by atoms with E-state index < -0.39 is 17.4 Å². The van der Waals surface area contributed by atoms with E-state index in [0.717, 1.165) is 34.8 Å². The first-order chi connectivity index (χ1) is 19.6. The first-order valence-corrected chi connectivity index (χ1v) is 14.2. The van der Waals surface area contributed by atoms with Crippen LogP contribution in [-0.2, 0) is 25.5 Å². The second-order valence-corrected chi connectivity index (χ2v) is 12.2. The van der Waals surface area contributed by atoms with Gasteiger partial charge in [0.25, 0.3) is 5.91 Å². The fraction of sp³-hybridized carbons (Fsp3) is 0.452. The summed E-state index contributed by atoms with van der Waals surface area (Å²) in [7, 11) is 0. The molecule has 0 bridgehead atoms. The maximum Gasteiger partial charge on any atom is 0.259 e. The van der Waals surface area contributed by atoms with Crippen molar-refractivity contribution in [2.75, 3.05) is 31.2 Å². The Morgan fingerprint density at radius 1 is 1.15 bits per heavy atom. The largest absolute Gasteiger partial charge is 0.385 e. The molecule has 41 heavy (non-hydrogen) atoms. The van der Waals surface area contributed by atoms with E-state index in [2.05, 4.69) is 17.6 Å². The Balaban J connectivity index is 1.19. The van der Waals surface area contributed by atoms with E-state index in [4.69, 9.17) is 10.1 Å². The summed E-state index contributed by atoms with van der Waals surface area (Å²) in [5, 5.41) is 15.7. The van der Waals surface area contributed by atoms with Gasteiger partial charge in [-0.25, -0.2) is 0 Å². The number of nitrogens with one attached hydrogen (secondary N) is 3. The van der Waals surface area contributed by atoms with Crippen LogP contribution in [0.1, 0.15) is 55.5 Å². The number of rotatable bonds is 7. The van der Waals surface area contributed by atoms with Crippen LogP contribution in [0.4, 0.5) is 5.69 Å². The zero-order chi connectivity index (χ0) is 28.9. The van der Waals surface area contributed by atoms with Gasteiger partial charge in [0, 0.05) is 54.8 Å². The summed E-state index contributed by atoms with van der Waals surface area (Å²) in [6.07, 6.45) is 5.82. The minimum Gasteiger partial charge on any atom is -0.385 e. The second-order valence-electron chi connectivity index (χ2n) is 12.2. The number of anilines is 1. The van der Waals surface area contributed by atoms with E-state index in [0.29, 0.717) is 50.4 Å². The molecule has 3 N–H and O–H groups in total. The van der Waals surface area contributed by atoms with Gasteiger partial charge in [0.05, 0.1) is 24.3 Å². The van der Waals surface area contributed by atoms with Crippen molar-refractivity contribution in [2.24, 2.45) is 5.41 Å². The molecule has 0 saturated carbocycles. The van der Waals surface area contributed by atoms with Gasteiger partial charge in [-0.15, -0.1) is 0 Å². The van der Waals surface area contributed by atoms with Gasteiger partial charge < -0.3 is 20.4 Å². The summed E-state index contributed by atoms with van der Waals surface area (Å²) in [5.74, 6) is -0.835. The standard InChI is InChI=1S/C31H35N5O5/c1-30(17-41-18-30)29(40)35-12-10-31(2,11-13-35)33-16-19(15-32)14-20-6-7-23-26-21(20)4-3-5-22(26)28(39)36(23)24-8-9-25(37)34-27(24)38/h3-7,15-16,24,32-33H,8-14,17-18H2,1-2H3,(H,34,37,38)/b19-16-,32-15?. The van der Waals surface area contributed by atoms with E-state index in [9.17, 15) is 19.2 Å². The van der Waals surface area contributed by atoms with Gasteiger partial charge in [-0.3, -0.25) is 29.4 Å². The molecule has 3 saturated heterocycles. The number of likely N-dealkylation sites (tertiary alicyclic amines) is 1. The van der Waals surface area contributed by atoms with Crippen LogP contribution in [-0.4, -0.2) is 72.6 Å². The molecular weight excluding hydrogens is 522 g/mol. The molecule has 4 aliphatic rings. The van der Waals surface area contributed by atoms with E-state index in [-0.39, 0.29) is 29.7 Å². The van der Waals surface area contributed by atoms with Gasteiger partial charge >= 0.3 is 0 Å². The molecule has 10 heteroatoms. The van der Waals surface area contributed by atoms with Crippen LogP contribution in [0, 0.1) is 10.8 Å². The van der Waals surface area contributed by atoms with Gasteiger partial charge in [-0.05, 0) is 61.8 Å². The van der Waals surface area contributed by atoms with E-state index in [1.54, 1.807) is 6.07 Å². The number of carbonyl (C=O) groups is 4. The minimum absolute atomic E-state index is 0.170. The van der Waals surface area contributed by atoms with Gasteiger partial charge in [-0.2, -0.15) is 0 Å². The minimum atomic E-state index is -0.727. The lowest BCUT2D eigenvalue weighted by Gasteiger charge is -2.45. The van der Waals surface area contributed by atoms with Crippen LogP contribution in [0.15, 0.2) is 42.1 Å². The maximum absolute atomic E-state index is 13.4. The zero-order valence-electron chi connectivity index (χ0n) is 23.4. The highest BCUT2D eigenvalue weighted by Gasteiger charge is 2.45. The predicted octanol–water partition coefficient (Wildman–Crippen LogP) is 2.69. The fourth-order valence-electron chi connectivity index (χ4n) is 6.35. The number of benzene rings is 2.